The van der Waals surface area contributed by atoms with Crippen LogP contribution in [0.5, 0.6) is 17.2 Å². The van der Waals surface area contributed by atoms with Crippen LogP contribution in [0.3, 0.4) is 0 Å². The van der Waals surface area contributed by atoms with Gasteiger partial charge in [-0.15, -0.1) is 0 Å². The van der Waals surface area contributed by atoms with Gasteiger partial charge >= 0.3 is 0 Å². The molecule has 0 radical (unpaired) electrons. The first kappa shape index (κ1) is 15.7. The third-order valence-corrected chi connectivity index (χ3v) is 3.21. The molecule has 0 bridgehead atoms. The topological polar surface area (TPSA) is 27.7 Å². The molecular formula is C17H19BrO3. The molecule has 0 saturated heterocycles. The van der Waals surface area contributed by atoms with Crippen LogP contribution in [0.25, 0.3) is 0 Å². The summed E-state index contributed by atoms with van der Waals surface area (Å²) in [5.41, 5.74) is 0. The van der Waals surface area contributed by atoms with E-state index in [-0.39, 0.29) is 0 Å². The van der Waals surface area contributed by atoms with Crippen LogP contribution >= 0.6 is 15.9 Å². The predicted molar refractivity (Wildman–Crippen MR) is 87.4 cm³/mol. The monoisotopic (exact) mass is 350 g/mol. The second-order valence-electron chi connectivity index (χ2n) is 4.45. The van der Waals surface area contributed by atoms with Gasteiger partial charge in [0, 0.05) is 4.47 Å². The van der Waals surface area contributed by atoms with Crippen LogP contribution in [0.1, 0.15) is 13.3 Å². The van der Waals surface area contributed by atoms with Gasteiger partial charge in [0.25, 0.3) is 0 Å². The maximum Gasteiger partial charge on any atom is 0.161 e. The molecule has 0 heterocycles. The van der Waals surface area contributed by atoms with Crippen LogP contribution in [0.2, 0.25) is 0 Å². The van der Waals surface area contributed by atoms with E-state index >= 15 is 0 Å². The third-order valence-electron chi connectivity index (χ3n) is 2.72. The Labute approximate surface area is 134 Å². The Balaban J connectivity index is 1.80. The van der Waals surface area contributed by atoms with Gasteiger partial charge in [-0.25, -0.2) is 0 Å². The number of rotatable bonds is 8. The lowest BCUT2D eigenvalue weighted by Crippen LogP contribution is -2.10. The molecule has 0 N–H and O–H groups in total. The minimum absolute atomic E-state index is 0.471. The largest absolute Gasteiger partial charge is 0.490 e. The minimum atomic E-state index is 0.471. The average Bonchev–Trinajstić information content (AvgIpc) is 2.50. The van der Waals surface area contributed by atoms with Crippen LogP contribution in [0.15, 0.2) is 53.0 Å². The number of para-hydroxylation sites is 2. The molecule has 0 saturated carbocycles. The Morgan fingerprint density at radius 2 is 1.48 bits per heavy atom. The van der Waals surface area contributed by atoms with Gasteiger partial charge in [0.1, 0.15) is 19.0 Å². The van der Waals surface area contributed by atoms with E-state index in [2.05, 4.69) is 22.9 Å². The van der Waals surface area contributed by atoms with Crippen LogP contribution < -0.4 is 14.2 Å². The number of ether oxygens (including phenoxy) is 3. The van der Waals surface area contributed by atoms with Crippen molar-refractivity contribution in [2.24, 2.45) is 0 Å². The molecule has 0 aliphatic heterocycles. The lowest BCUT2D eigenvalue weighted by atomic mass is 10.3. The van der Waals surface area contributed by atoms with Gasteiger partial charge in [-0.2, -0.15) is 0 Å². The normalized spacial score (nSPS) is 10.2. The second kappa shape index (κ2) is 8.57. The van der Waals surface area contributed by atoms with Crippen molar-refractivity contribution in [1.29, 1.82) is 0 Å². The van der Waals surface area contributed by atoms with Gasteiger partial charge < -0.3 is 14.2 Å². The summed E-state index contributed by atoms with van der Waals surface area (Å²) in [6, 6.07) is 15.4. The number of hydrogen-bond acceptors (Lipinski definition) is 3. The van der Waals surface area contributed by atoms with Crippen molar-refractivity contribution >= 4 is 15.9 Å². The van der Waals surface area contributed by atoms with Crippen molar-refractivity contribution in [3.05, 3.63) is 53.0 Å². The molecule has 0 spiro atoms. The zero-order valence-corrected chi connectivity index (χ0v) is 13.6. The van der Waals surface area contributed by atoms with Gasteiger partial charge in [-0.1, -0.05) is 41.1 Å². The van der Waals surface area contributed by atoms with Gasteiger partial charge in [0.05, 0.1) is 6.61 Å². The molecule has 21 heavy (non-hydrogen) atoms. The summed E-state index contributed by atoms with van der Waals surface area (Å²) in [7, 11) is 0. The van der Waals surface area contributed by atoms with Gasteiger partial charge in [0.15, 0.2) is 11.5 Å². The average molecular weight is 351 g/mol. The Kier molecular flexibility index (Phi) is 6.41. The highest BCUT2D eigenvalue weighted by Crippen LogP contribution is 2.26. The summed E-state index contributed by atoms with van der Waals surface area (Å²) in [5, 5.41) is 0. The highest BCUT2D eigenvalue weighted by Gasteiger charge is 2.03. The van der Waals surface area contributed by atoms with Crippen molar-refractivity contribution in [3.63, 3.8) is 0 Å². The fourth-order valence-electron chi connectivity index (χ4n) is 1.77. The molecule has 0 aliphatic carbocycles. The molecule has 0 amide bonds. The molecule has 0 fully saturated rings. The molecule has 2 aromatic carbocycles. The number of hydrogen-bond donors (Lipinski definition) is 0. The van der Waals surface area contributed by atoms with E-state index in [9.17, 15) is 0 Å². The molecule has 2 aromatic rings. The lowest BCUT2D eigenvalue weighted by molar-refractivity contribution is 0.207. The van der Waals surface area contributed by atoms with Crippen molar-refractivity contribution < 1.29 is 14.2 Å². The smallest absolute Gasteiger partial charge is 0.161 e. The number of benzene rings is 2. The first-order valence-corrected chi connectivity index (χ1v) is 7.82. The predicted octanol–water partition coefficient (Wildman–Crippen LogP) is 4.70. The standard InChI is InChI=1S/C17H19BrO3/c1-2-10-20-16-8-3-4-9-17(16)21-12-11-19-15-7-5-6-14(18)13-15/h3-9,13H,2,10-12H2,1H3. The molecule has 0 aliphatic rings. The van der Waals surface area contributed by atoms with Crippen LogP contribution in [-0.2, 0) is 0 Å². The van der Waals surface area contributed by atoms with E-state index in [0.29, 0.717) is 19.8 Å². The fourth-order valence-corrected chi connectivity index (χ4v) is 2.15. The quantitative estimate of drug-likeness (QED) is 0.646. The van der Waals surface area contributed by atoms with E-state index < -0.39 is 0 Å². The van der Waals surface area contributed by atoms with Crippen LogP contribution in [0.4, 0.5) is 0 Å². The highest BCUT2D eigenvalue weighted by atomic mass is 79.9. The number of halogens is 1. The van der Waals surface area contributed by atoms with Gasteiger partial charge in [-0.3, -0.25) is 0 Å². The molecule has 3 nitrogen and oxygen atoms in total. The molecule has 0 atom stereocenters. The molecule has 2 rings (SSSR count). The maximum absolute atomic E-state index is 5.72. The highest BCUT2D eigenvalue weighted by molar-refractivity contribution is 9.10. The van der Waals surface area contributed by atoms with Gasteiger partial charge in [-0.05, 0) is 36.8 Å². The summed E-state index contributed by atoms with van der Waals surface area (Å²) >= 11 is 3.41. The molecule has 4 heteroatoms. The third kappa shape index (κ3) is 5.31. The van der Waals surface area contributed by atoms with Crippen LogP contribution in [-0.4, -0.2) is 19.8 Å². The molecule has 112 valence electrons. The summed E-state index contributed by atoms with van der Waals surface area (Å²) < 4.78 is 18.0. The van der Waals surface area contributed by atoms with E-state index in [1.807, 2.05) is 48.5 Å². The Morgan fingerprint density at radius 1 is 0.810 bits per heavy atom. The summed E-state index contributed by atoms with van der Waals surface area (Å²) in [6.07, 6.45) is 0.973. The Bertz CT molecular complexity index is 557. The first-order chi connectivity index (χ1) is 10.3. The van der Waals surface area contributed by atoms with Crippen molar-refractivity contribution in [2.45, 2.75) is 13.3 Å². The zero-order chi connectivity index (χ0) is 14.9. The zero-order valence-electron chi connectivity index (χ0n) is 12.0. The van der Waals surface area contributed by atoms with Crippen molar-refractivity contribution in [2.75, 3.05) is 19.8 Å². The summed E-state index contributed by atoms with van der Waals surface area (Å²) in [5.74, 6) is 2.36. The van der Waals surface area contributed by atoms with Crippen molar-refractivity contribution in [3.8, 4) is 17.2 Å². The van der Waals surface area contributed by atoms with E-state index in [0.717, 1.165) is 28.1 Å². The van der Waals surface area contributed by atoms with E-state index in [1.54, 1.807) is 0 Å². The lowest BCUT2D eigenvalue weighted by Gasteiger charge is -2.12. The second-order valence-corrected chi connectivity index (χ2v) is 5.37. The maximum atomic E-state index is 5.72. The summed E-state index contributed by atoms with van der Waals surface area (Å²) in [4.78, 5) is 0. The van der Waals surface area contributed by atoms with Gasteiger partial charge in [0.2, 0.25) is 0 Å². The van der Waals surface area contributed by atoms with E-state index in [1.165, 1.54) is 0 Å². The SMILES string of the molecule is CCCOc1ccccc1OCCOc1cccc(Br)c1. The molecular weight excluding hydrogens is 332 g/mol. The van der Waals surface area contributed by atoms with E-state index in [4.69, 9.17) is 14.2 Å². The Hall–Kier alpha value is -1.68. The summed E-state index contributed by atoms with van der Waals surface area (Å²) in [6.45, 7) is 3.72. The molecule has 0 unspecified atom stereocenters. The molecule has 0 aromatic heterocycles. The first-order valence-electron chi connectivity index (χ1n) is 7.02. The fraction of sp³-hybridized carbons (Fsp3) is 0.294. The minimum Gasteiger partial charge on any atom is -0.490 e. The van der Waals surface area contributed by atoms with Crippen molar-refractivity contribution in [1.82, 2.24) is 0 Å². The Morgan fingerprint density at radius 3 is 2.14 bits per heavy atom. The van der Waals surface area contributed by atoms with Crippen LogP contribution in [0, 0.1) is 0 Å².